The van der Waals surface area contributed by atoms with Crippen molar-refractivity contribution in [2.75, 3.05) is 21.3 Å². The van der Waals surface area contributed by atoms with Gasteiger partial charge in [-0.25, -0.2) is 0 Å². The van der Waals surface area contributed by atoms with Gasteiger partial charge in [-0.3, -0.25) is 0 Å². The molecule has 0 amide bonds. The highest BCUT2D eigenvalue weighted by Crippen LogP contribution is 2.37. The number of nitriles is 1. The van der Waals surface area contributed by atoms with Gasteiger partial charge in [-0.05, 0) is 28.5 Å². The van der Waals surface area contributed by atoms with E-state index < -0.39 is 0 Å². The number of nitrogens with zero attached hydrogens (tertiary/aromatic N) is 1. The van der Waals surface area contributed by atoms with E-state index >= 15 is 0 Å². The standard InChI is InChI=1S/C22H19NO3/c1-24-19-12-21(25-2)20(22(13-19)26-3)11-18(14-23)17-9-8-15-6-4-5-7-16(15)10-17/h4-13H,1-3H3/b18-11-. The number of methoxy groups -OCH3 is 3. The highest BCUT2D eigenvalue weighted by molar-refractivity contribution is 5.95. The second-order valence-corrected chi connectivity index (χ2v) is 5.68. The van der Waals surface area contributed by atoms with Crippen LogP contribution in [0.25, 0.3) is 22.4 Å². The van der Waals surface area contributed by atoms with E-state index in [1.165, 1.54) is 0 Å². The number of rotatable bonds is 5. The van der Waals surface area contributed by atoms with Crippen LogP contribution in [0.1, 0.15) is 11.1 Å². The maximum Gasteiger partial charge on any atom is 0.133 e. The Hall–Kier alpha value is -3.45. The summed E-state index contributed by atoms with van der Waals surface area (Å²) in [7, 11) is 4.74. The zero-order chi connectivity index (χ0) is 18.5. The molecule has 0 fully saturated rings. The highest BCUT2D eigenvalue weighted by atomic mass is 16.5. The summed E-state index contributed by atoms with van der Waals surface area (Å²) in [4.78, 5) is 0. The minimum Gasteiger partial charge on any atom is -0.496 e. The quantitative estimate of drug-likeness (QED) is 0.486. The Morgan fingerprint density at radius 1 is 0.846 bits per heavy atom. The first kappa shape index (κ1) is 17.4. The lowest BCUT2D eigenvalue weighted by Crippen LogP contribution is -1.95. The molecule has 3 rings (SSSR count). The molecule has 0 aliphatic rings. The molecule has 0 atom stereocenters. The number of allylic oxidation sites excluding steroid dienone is 1. The van der Waals surface area contributed by atoms with Crippen molar-refractivity contribution in [3.8, 4) is 23.3 Å². The van der Waals surface area contributed by atoms with Gasteiger partial charge < -0.3 is 14.2 Å². The van der Waals surface area contributed by atoms with Crippen LogP contribution < -0.4 is 14.2 Å². The van der Waals surface area contributed by atoms with Crippen LogP contribution in [-0.2, 0) is 0 Å². The van der Waals surface area contributed by atoms with Crippen LogP contribution in [0.2, 0.25) is 0 Å². The summed E-state index contributed by atoms with van der Waals surface area (Å²) < 4.78 is 16.2. The largest absolute Gasteiger partial charge is 0.496 e. The molecule has 4 nitrogen and oxygen atoms in total. The molecule has 0 unspecified atom stereocenters. The van der Waals surface area contributed by atoms with Crippen molar-refractivity contribution in [3.05, 3.63) is 65.7 Å². The summed E-state index contributed by atoms with van der Waals surface area (Å²) in [5.74, 6) is 1.78. The number of ether oxygens (including phenoxy) is 3. The van der Waals surface area contributed by atoms with Gasteiger partial charge in [0.2, 0.25) is 0 Å². The zero-order valence-corrected chi connectivity index (χ0v) is 14.9. The number of fused-ring (bicyclic) bond motifs is 1. The Labute approximate surface area is 152 Å². The summed E-state index contributed by atoms with van der Waals surface area (Å²) in [6, 6.07) is 19.8. The predicted octanol–water partition coefficient (Wildman–Crippen LogP) is 4.93. The van der Waals surface area contributed by atoms with Gasteiger partial charge in [0.1, 0.15) is 17.2 Å². The Kier molecular flexibility index (Phi) is 5.09. The lowest BCUT2D eigenvalue weighted by molar-refractivity contribution is 0.374. The predicted molar refractivity (Wildman–Crippen MR) is 104 cm³/mol. The highest BCUT2D eigenvalue weighted by Gasteiger charge is 2.13. The molecule has 0 aromatic heterocycles. The molecular weight excluding hydrogens is 326 g/mol. The molecule has 3 aromatic carbocycles. The van der Waals surface area contributed by atoms with Gasteiger partial charge in [0.25, 0.3) is 0 Å². The minimum atomic E-state index is 0.525. The molecular formula is C22H19NO3. The summed E-state index contributed by atoms with van der Waals surface area (Å²) in [5.41, 5.74) is 2.06. The summed E-state index contributed by atoms with van der Waals surface area (Å²) in [6.45, 7) is 0. The average molecular weight is 345 g/mol. The second kappa shape index (κ2) is 7.62. The lowest BCUT2D eigenvalue weighted by Gasteiger charge is -2.13. The topological polar surface area (TPSA) is 51.5 Å². The van der Waals surface area contributed by atoms with Crippen LogP contribution in [0.3, 0.4) is 0 Å². The number of benzene rings is 3. The van der Waals surface area contributed by atoms with Crippen molar-refractivity contribution in [2.24, 2.45) is 0 Å². The Balaban J connectivity index is 2.15. The molecule has 0 saturated heterocycles. The number of hydrogen-bond donors (Lipinski definition) is 0. The third kappa shape index (κ3) is 3.33. The fourth-order valence-electron chi connectivity index (χ4n) is 2.86. The van der Waals surface area contributed by atoms with E-state index in [2.05, 4.69) is 6.07 Å². The van der Waals surface area contributed by atoms with E-state index in [1.54, 1.807) is 39.5 Å². The molecule has 0 N–H and O–H groups in total. The molecule has 0 aliphatic carbocycles. The Bertz CT molecular complexity index is 990. The third-order valence-corrected chi connectivity index (χ3v) is 4.22. The van der Waals surface area contributed by atoms with E-state index in [0.29, 0.717) is 28.4 Å². The van der Waals surface area contributed by atoms with Crippen molar-refractivity contribution < 1.29 is 14.2 Å². The van der Waals surface area contributed by atoms with E-state index in [-0.39, 0.29) is 0 Å². The van der Waals surface area contributed by atoms with Crippen molar-refractivity contribution in [1.29, 1.82) is 5.26 Å². The first-order valence-corrected chi connectivity index (χ1v) is 8.11. The SMILES string of the molecule is COc1cc(OC)c(/C=C(/C#N)c2ccc3ccccc3c2)c(OC)c1. The van der Waals surface area contributed by atoms with Gasteiger partial charge in [-0.2, -0.15) is 5.26 Å². The fraction of sp³-hybridized carbons (Fsp3) is 0.136. The molecule has 0 saturated carbocycles. The summed E-state index contributed by atoms with van der Waals surface area (Å²) in [6.07, 6.45) is 1.78. The molecule has 0 bridgehead atoms. The monoisotopic (exact) mass is 345 g/mol. The Morgan fingerprint density at radius 3 is 2.08 bits per heavy atom. The lowest BCUT2D eigenvalue weighted by atomic mass is 9.99. The van der Waals surface area contributed by atoms with Gasteiger partial charge in [0.05, 0.1) is 38.5 Å². The maximum absolute atomic E-state index is 9.72. The van der Waals surface area contributed by atoms with Crippen LogP contribution in [0.5, 0.6) is 17.2 Å². The second-order valence-electron chi connectivity index (χ2n) is 5.68. The van der Waals surface area contributed by atoms with Crippen molar-refractivity contribution in [1.82, 2.24) is 0 Å². The first-order chi connectivity index (χ1) is 12.7. The fourth-order valence-corrected chi connectivity index (χ4v) is 2.86. The molecule has 3 aromatic rings. The smallest absolute Gasteiger partial charge is 0.133 e. The Morgan fingerprint density at radius 2 is 1.50 bits per heavy atom. The van der Waals surface area contributed by atoms with Crippen molar-refractivity contribution in [3.63, 3.8) is 0 Å². The summed E-state index contributed by atoms with van der Waals surface area (Å²) >= 11 is 0. The zero-order valence-electron chi connectivity index (χ0n) is 14.9. The van der Waals surface area contributed by atoms with Crippen molar-refractivity contribution >= 4 is 22.4 Å². The maximum atomic E-state index is 9.72. The van der Waals surface area contributed by atoms with Gasteiger partial charge in [0, 0.05) is 12.1 Å². The van der Waals surface area contributed by atoms with E-state index in [9.17, 15) is 5.26 Å². The van der Waals surface area contributed by atoms with Crippen LogP contribution >= 0.6 is 0 Å². The third-order valence-electron chi connectivity index (χ3n) is 4.22. The first-order valence-electron chi connectivity index (χ1n) is 8.11. The van der Waals surface area contributed by atoms with Gasteiger partial charge in [-0.1, -0.05) is 36.4 Å². The van der Waals surface area contributed by atoms with Gasteiger partial charge >= 0.3 is 0 Å². The van der Waals surface area contributed by atoms with Crippen LogP contribution in [0.15, 0.2) is 54.6 Å². The molecule has 26 heavy (non-hydrogen) atoms. The molecule has 0 heterocycles. The van der Waals surface area contributed by atoms with Gasteiger partial charge in [0.15, 0.2) is 0 Å². The average Bonchev–Trinajstić information content (AvgIpc) is 2.71. The van der Waals surface area contributed by atoms with E-state index in [0.717, 1.165) is 16.3 Å². The van der Waals surface area contributed by atoms with Crippen LogP contribution in [-0.4, -0.2) is 21.3 Å². The van der Waals surface area contributed by atoms with E-state index in [1.807, 2.05) is 42.5 Å². The minimum absolute atomic E-state index is 0.525. The molecule has 0 radical (unpaired) electrons. The summed E-state index contributed by atoms with van der Waals surface area (Å²) in [5, 5.41) is 11.9. The van der Waals surface area contributed by atoms with Crippen molar-refractivity contribution in [2.45, 2.75) is 0 Å². The molecule has 0 spiro atoms. The van der Waals surface area contributed by atoms with Gasteiger partial charge in [-0.15, -0.1) is 0 Å². The van der Waals surface area contributed by atoms with Crippen LogP contribution in [0, 0.1) is 11.3 Å². The normalized spacial score (nSPS) is 11.1. The number of hydrogen-bond acceptors (Lipinski definition) is 4. The molecule has 0 aliphatic heterocycles. The van der Waals surface area contributed by atoms with Crippen LogP contribution in [0.4, 0.5) is 0 Å². The van der Waals surface area contributed by atoms with E-state index in [4.69, 9.17) is 14.2 Å². The molecule has 4 heteroatoms. The molecule has 130 valence electrons.